The Kier molecular flexibility index (Phi) is 7.08. The molecule has 1 aromatic rings. The molecule has 0 aliphatic carbocycles. The first kappa shape index (κ1) is 15.3. The topological polar surface area (TPSA) is 39.7 Å². The van der Waals surface area contributed by atoms with E-state index in [0.717, 1.165) is 47.7 Å². The van der Waals surface area contributed by atoms with Gasteiger partial charge < -0.3 is 19.5 Å². The Labute approximate surface area is 117 Å². The molecule has 0 aliphatic rings. The van der Waals surface area contributed by atoms with E-state index in [1.54, 1.807) is 21.3 Å². The second-order valence-corrected chi connectivity index (χ2v) is 4.68. The second-order valence-electron chi connectivity index (χ2n) is 3.82. The van der Waals surface area contributed by atoms with E-state index in [9.17, 15) is 0 Å². The summed E-state index contributed by atoms with van der Waals surface area (Å²) in [5, 5.41) is 3.36. The Morgan fingerprint density at radius 1 is 1.11 bits per heavy atom. The highest BCUT2D eigenvalue weighted by Gasteiger charge is 2.08. The van der Waals surface area contributed by atoms with Crippen LogP contribution in [0, 0.1) is 0 Å². The van der Waals surface area contributed by atoms with Crippen molar-refractivity contribution < 1.29 is 14.2 Å². The molecule has 0 amide bonds. The van der Waals surface area contributed by atoms with Crippen molar-refractivity contribution in [2.75, 3.05) is 34.5 Å². The molecule has 0 spiro atoms. The Hall–Kier alpha value is -0.780. The highest BCUT2D eigenvalue weighted by molar-refractivity contribution is 9.10. The first-order valence-corrected chi connectivity index (χ1v) is 6.62. The zero-order chi connectivity index (χ0) is 13.4. The van der Waals surface area contributed by atoms with Crippen molar-refractivity contribution in [3.63, 3.8) is 0 Å². The third-order valence-electron chi connectivity index (χ3n) is 2.57. The van der Waals surface area contributed by atoms with Crippen LogP contribution >= 0.6 is 15.9 Å². The van der Waals surface area contributed by atoms with Crippen LogP contribution in [0.15, 0.2) is 16.6 Å². The number of nitrogens with one attached hydrogen (secondary N) is 1. The summed E-state index contributed by atoms with van der Waals surface area (Å²) >= 11 is 3.53. The van der Waals surface area contributed by atoms with Gasteiger partial charge in [-0.3, -0.25) is 0 Å². The summed E-state index contributed by atoms with van der Waals surface area (Å²) in [5.41, 5.74) is 1.14. The SMILES string of the molecule is COCCCNCc1cc(OC)c(OC)cc1Br. The molecule has 0 saturated heterocycles. The molecule has 0 saturated carbocycles. The molecule has 1 N–H and O–H groups in total. The van der Waals surface area contributed by atoms with Gasteiger partial charge in [-0.2, -0.15) is 0 Å². The zero-order valence-electron chi connectivity index (χ0n) is 11.1. The molecule has 102 valence electrons. The van der Waals surface area contributed by atoms with Crippen LogP contribution < -0.4 is 14.8 Å². The predicted octanol–water partition coefficient (Wildman–Crippen LogP) is 2.59. The molecule has 0 aromatic heterocycles. The van der Waals surface area contributed by atoms with Gasteiger partial charge in [-0.1, -0.05) is 15.9 Å². The maximum atomic E-state index is 5.28. The van der Waals surface area contributed by atoms with Gasteiger partial charge >= 0.3 is 0 Å². The number of methoxy groups -OCH3 is 3. The molecule has 0 radical (unpaired) electrons. The minimum absolute atomic E-state index is 0.729. The summed E-state index contributed by atoms with van der Waals surface area (Å²) in [5.74, 6) is 1.47. The van der Waals surface area contributed by atoms with Crippen molar-refractivity contribution in [1.29, 1.82) is 0 Å². The first-order chi connectivity index (χ1) is 8.72. The van der Waals surface area contributed by atoms with Gasteiger partial charge in [-0.15, -0.1) is 0 Å². The number of hydrogen-bond acceptors (Lipinski definition) is 4. The fraction of sp³-hybridized carbons (Fsp3) is 0.538. The summed E-state index contributed by atoms with van der Waals surface area (Å²) in [6, 6.07) is 3.90. The third kappa shape index (κ3) is 4.48. The smallest absolute Gasteiger partial charge is 0.161 e. The molecule has 1 rings (SSSR count). The average Bonchev–Trinajstić information content (AvgIpc) is 2.39. The molecule has 18 heavy (non-hydrogen) atoms. The predicted molar refractivity (Wildman–Crippen MR) is 75.4 cm³/mol. The summed E-state index contributed by atoms with van der Waals surface area (Å²) < 4.78 is 16.5. The maximum absolute atomic E-state index is 5.28. The molecular weight excluding hydrogens is 298 g/mol. The van der Waals surface area contributed by atoms with Crippen LogP contribution in [-0.2, 0) is 11.3 Å². The van der Waals surface area contributed by atoms with Gasteiger partial charge in [0.05, 0.1) is 14.2 Å². The lowest BCUT2D eigenvalue weighted by Gasteiger charge is -2.12. The Morgan fingerprint density at radius 2 is 1.78 bits per heavy atom. The van der Waals surface area contributed by atoms with Gasteiger partial charge in [0.25, 0.3) is 0 Å². The van der Waals surface area contributed by atoms with Crippen molar-refractivity contribution in [3.05, 3.63) is 22.2 Å². The molecule has 0 bridgehead atoms. The van der Waals surface area contributed by atoms with Crippen LogP contribution in [0.2, 0.25) is 0 Å². The fourth-order valence-corrected chi connectivity index (χ4v) is 2.06. The van der Waals surface area contributed by atoms with Crippen molar-refractivity contribution in [2.24, 2.45) is 0 Å². The average molecular weight is 318 g/mol. The minimum Gasteiger partial charge on any atom is -0.493 e. The molecule has 0 fully saturated rings. The molecule has 0 aliphatic heterocycles. The van der Waals surface area contributed by atoms with Crippen molar-refractivity contribution in [2.45, 2.75) is 13.0 Å². The monoisotopic (exact) mass is 317 g/mol. The zero-order valence-corrected chi connectivity index (χ0v) is 12.7. The summed E-state index contributed by atoms with van der Waals surface area (Å²) in [6.45, 7) is 2.49. The van der Waals surface area contributed by atoms with E-state index in [2.05, 4.69) is 21.2 Å². The van der Waals surface area contributed by atoms with Gasteiger partial charge in [0.15, 0.2) is 11.5 Å². The largest absolute Gasteiger partial charge is 0.493 e. The number of rotatable bonds is 8. The lowest BCUT2D eigenvalue weighted by Crippen LogP contribution is -2.16. The van der Waals surface area contributed by atoms with Gasteiger partial charge in [-0.05, 0) is 30.7 Å². The molecule has 0 atom stereocenters. The van der Waals surface area contributed by atoms with Crippen LogP contribution in [0.1, 0.15) is 12.0 Å². The quantitative estimate of drug-likeness (QED) is 0.748. The highest BCUT2D eigenvalue weighted by Crippen LogP contribution is 2.33. The van der Waals surface area contributed by atoms with Crippen molar-refractivity contribution in [1.82, 2.24) is 5.32 Å². The van der Waals surface area contributed by atoms with Crippen molar-refractivity contribution >= 4 is 15.9 Å². The Balaban J connectivity index is 2.59. The summed E-state index contributed by atoms with van der Waals surface area (Å²) in [6.07, 6.45) is 1.00. The lowest BCUT2D eigenvalue weighted by atomic mass is 10.2. The normalized spacial score (nSPS) is 10.4. The highest BCUT2D eigenvalue weighted by atomic mass is 79.9. The van der Waals surface area contributed by atoms with Crippen LogP contribution in [0.3, 0.4) is 0 Å². The van der Waals surface area contributed by atoms with Crippen LogP contribution in [0.5, 0.6) is 11.5 Å². The minimum atomic E-state index is 0.729. The maximum Gasteiger partial charge on any atom is 0.161 e. The molecule has 1 aromatic carbocycles. The molecule has 0 heterocycles. The number of hydrogen-bond donors (Lipinski definition) is 1. The van der Waals surface area contributed by atoms with Gasteiger partial charge in [0.1, 0.15) is 0 Å². The summed E-state index contributed by atoms with van der Waals surface area (Å²) in [4.78, 5) is 0. The van der Waals surface area contributed by atoms with E-state index >= 15 is 0 Å². The van der Waals surface area contributed by atoms with E-state index in [-0.39, 0.29) is 0 Å². The second kappa shape index (κ2) is 8.34. The molecule has 5 heteroatoms. The van der Waals surface area contributed by atoms with Crippen LogP contribution in [-0.4, -0.2) is 34.5 Å². The Bertz CT molecular complexity index is 371. The van der Waals surface area contributed by atoms with E-state index < -0.39 is 0 Å². The standard InChI is InChI=1S/C13H20BrNO3/c1-16-6-4-5-15-9-10-7-12(17-2)13(18-3)8-11(10)14/h7-8,15H,4-6,9H2,1-3H3. The van der Waals surface area contributed by atoms with Gasteiger partial charge in [0.2, 0.25) is 0 Å². The van der Waals surface area contributed by atoms with Gasteiger partial charge in [-0.25, -0.2) is 0 Å². The van der Waals surface area contributed by atoms with Crippen LogP contribution in [0.25, 0.3) is 0 Å². The molecule has 0 unspecified atom stereocenters. The lowest BCUT2D eigenvalue weighted by molar-refractivity contribution is 0.194. The van der Waals surface area contributed by atoms with E-state index in [0.29, 0.717) is 0 Å². The van der Waals surface area contributed by atoms with Crippen molar-refractivity contribution in [3.8, 4) is 11.5 Å². The number of ether oxygens (including phenoxy) is 3. The fourth-order valence-electron chi connectivity index (χ4n) is 1.60. The molecule has 4 nitrogen and oxygen atoms in total. The third-order valence-corrected chi connectivity index (χ3v) is 3.31. The van der Waals surface area contributed by atoms with Gasteiger partial charge in [0, 0.05) is 24.7 Å². The summed E-state index contributed by atoms with van der Waals surface area (Å²) in [7, 11) is 4.99. The van der Waals surface area contributed by atoms with E-state index in [4.69, 9.17) is 14.2 Å². The molecular formula is C13H20BrNO3. The van der Waals surface area contributed by atoms with E-state index in [1.807, 2.05) is 12.1 Å². The van der Waals surface area contributed by atoms with E-state index in [1.165, 1.54) is 0 Å². The van der Waals surface area contributed by atoms with Crippen LogP contribution in [0.4, 0.5) is 0 Å². The number of halogens is 1. The first-order valence-electron chi connectivity index (χ1n) is 5.83. The number of benzene rings is 1. The Morgan fingerprint density at radius 3 is 2.39 bits per heavy atom.